The average molecular weight is 468 g/mol. The second-order valence-electron chi connectivity index (χ2n) is 9.55. The Hall–Kier alpha value is -2.94. The maximum Gasteiger partial charge on any atom is 0.414 e. The molecule has 2 aliphatic heterocycles. The molecule has 0 aromatic heterocycles. The molecule has 2 heterocycles. The zero-order chi connectivity index (χ0) is 24.3. The molecule has 4 rings (SSSR count). The largest absolute Gasteiger partial charge is 0.442 e. The van der Waals surface area contributed by atoms with Crippen LogP contribution in [0.3, 0.4) is 0 Å². The molecule has 2 aromatic rings. The number of aryl methyl sites for hydroxylation is 2. The quantitative estimate of drug-likeness (QED) is 0.346. The smallest absolute Gasteiger partial charge is 0.414 e. The van der Waals surface area contributed by atoms with E-state index in [4.69, 9.17) is 14.5 Å². The number of rotatable bonds is 9. The number of nitrogens with one attached hydrogen (secondary N) is 1. The van der Waals surface area contributed by atoms with Crippen LogP contribution in [-0.2, 0) is 31.3 Å². The Labute approximate surface area is 200 Å². The second-order valence-corrected chi connectivity index (χ2v) is 9.55. The van der Waals surface area contributed by atoms with Gasteiger partial charge in [-0.1, -0.05) is 37.3 Å². The fraction of sp³-hybridized carbons (Fsp3) is 0.462. The van der Waals surface area contributed by atoms with Crippen LogP contribution in [-0.4, -0.2) is 55.9 Å². The van der Waals surface area contributed by atoms with Crippen molar-refractivity contribution in [3.8, 4) is 0 Å². The zero-order valence-electron chi connectivity index (χ0n) is 20.3. The van der Waals surface area contributed by atoms with Gasteiger partial charge in [0.15, 0.2) is 0 Å². The molecule has 1 N–H and O–H groups in total. The third kappa shape index (κ3) is 5.41. The minimum atomic E-state index is -0.379. The lowest BCUT2D eigenvalue weighted by Gasteiger charge is -2.49. The molecule has 2 fully saturated rings. The molecule has 2 aromatic carbocycles. The molecule has 0 unspecified atom stereocenters. The number of carbonyl (C=O) groups excluding carboxylic acids is 2. The summed E-state index contributed by atoms with van der Waals surface area (Å²) in [5.41, 5.74) is 5.51. The van der Waals surface area contributed by atoms with Gasteiger partial charge in [-0.25, -0.2) is 14.6 Å². The topological polar surface area (TPSA) is 80.3 Å². The van der Waals surface area contributed by atoms with E-state index in [0.717, 1.165) is 35.5 Å². The highest BCUT2D eigenvalue weighted by Crippen LogP contribution is 2.39. The first-order valence-electron chi connectivity index (χ1n) is 11.6. The minimum absolute atomic E-state index is 0.00888. The number of amides is 2. The van der Waals surface area contributed by atoms with Gasteiger partial charge in [0.05, 0.1) is 13.1 Å². The first kappa shape index (κ1) is 24.2. The third-order valence-electron chi connectivity index (χ3n) is 6.42. The molecule has 0 bridgehead atoms. The number of likely N-dealkylation sites (tertiary alicyclic amines) is 1. The SMILES string of the molecule is CC(=O)NC[C@H]1CN(c2cc(C)c(C3(C)CN(COOCc4ccccc4)C3)c(C)c2)C(=O)O1. The number of cyclic esters (lactones) is 1. The molecule has 2 saturated heterocycles. The molecule has 2 aliphatic rings. The van der Waals surface area contributed by atoms with E-state index in [-0.39, 0.29) is 23.5 Å². The molecular formula is C26H33N3O5. The standard InChI is InChI=1S/C26H33N3O5/c1-18-10-22(29-13-23(34-25(29)31)12-27-20(3)30)11-19(2)24(18)26(4)15-28(16-26)17-33-32-14-21-8-6-5-7-9-21/h5-11,23H,12-17H2,1-4H3,(H,27,30)/t23-/m0/s1. The molecule has 0 spiro atoms. The predicted molar refractivity (Wildman–Crippen MR) is 128 cm³/mol. The van der Waals surface area contributed by atoms with Gasteiger partial charge in [0, 0.05) is 31.1 Å². The van der Waals surface area contributed by atoms with Gasteiger partial charge in [0.1, 0.15) is 19.4 Å². The van der Waals surface area contributed by atoms with E-state index in [9.17, 15) is 9.59 Å². The Morgan fingerprint density at radius 2 is 1.82 bits per heavy atom. The summed E-state index contributed by atoms with van der Waals surface area (Å²) in [6.45, 7) is 11.2. The first-order valence-corrected chi connectivity index (χ1v) is 11.6. The van der Waals surface area contributed by atoms with Crippen molar-refractivity contribution >= 4 is 17.7 Å². The maximum absolute atomic E-state index is 12.4. The van der Waals surface area contributed by atoms with Crippen molar-refractivity contribution in [3.63, 3.8) is 0 Å². The van der Waals surface area contributed by atoms with Gasteiger partial charge in [-0.05, 0) is 48.2 Å². The van der Waals surface area contributed by atoms with E-state index >= 15 is 0 Å². The van der Waals surface area contributed by atoms with Gasteiger partial charge >= 0.3 is 6.09 Å². The summed E-state index contributed by atoms with van der Waals surface area (Å²) in [6.07, 6.45) is -0.728. The van der Waals surface area contributed by atoms with Gasteiger partial charge in [-0.2, -0.15) is 0 Å². The Morgan fingerprint density at radius 1 is 1.15 bits per heavy atom. The summed E-state index contributed by atoms with van der Waals surface area (Å²) in [7, 11) is 0. The lowest BCUT2D eigenvalue weighted by Crippen LogP contribution is -2.58. The first-order chi connectivity index (χ1) is 16.2. The Bertz CT molecular complexity index is 1010. The number of benzene rings is 2. The van der Waals surface area contributed by atoms with Crippen molar-refractivity contribution in [3.05, 3.63) is 64.7 Å². The molecular weight excluding hydrogens is 434 g/mol. The number of nitrogens with zero attached hydrogens (tertiary/aromatic N) is 2. The highest BCUT2D eigenvalue weighted by atomic mass is 17.2. The lowest BCUT2D eigenvalue weighted by molar-refractivity contribution is -0.330. The predicted octanol–water partition coefficient (Wildman–Crippen LogP) is 3.44. The van der Waals surface area contributed by atoms with Gasteiger partial charge in [0.25, 0.3) is 0 Å². The molecule has 182 valence electrons. The highest BCUT2D eigenvalue weighted by Gasteiger charge is 2.42. The van der Waals surface area contributed by atoms with Crippen molar-refractivity contribution in [2.45, 2.75) is 45.8 Å². The van der Waals surface area contributed by atoms with Crippen molar-refractivity contribution in [1.29, 1.82) is 0 Å². The van der Waals surface area contributed by atoms with E-state index in [1.807, 2.05) is 30.3 Å². The summed E-state index contributed by atoms with van der Waals surface area (Å²) in [4.78, 5) is 38.2. The molecule has 8 nitrogen and oxygen atoms in total. The van der Waals surface area contributed by atoms with Crippen LogP contribution in [0.1, 0.15) is 36.1 Å². The van der Waals surface area contributed by atoms with Crippen LogP contribution in [0.5, 0.6) is 0 Å². The average Bonchev–Trinajstić information content (AvgIpc) is 3.14. The monoisotopic (exact) mass is 467 g/mol. The molecule has 0 radical (unpaired) electrons. The fourth-order valence-corrected chi connectivity index (χ4v) is 5.13. The van der Waals surface area contributed by atoms with Crippen LogP contribution in [0.4, 0.5) is 10.5 Å². The van der Waals surface area contributed by atoms with Crippen LogP contribution >= 0.6 is 0 Å². The van der Waals surface area contributed by atoms with E-state index in [1.165, 1.54) is 12.5 Å². The minimum Gasteiger partial charge on any atom is -0.442 e. The van der Waals surface area contributed by atoms with Gasteiger partial charge in [-0.15, -0.1) is 0 Å². The summed E-state index contributed by atoms with van der Waals surface area (Å²) in [5.74, 6) is -0.138. The summed E-state index contributed by atoms with van der Waals surface area (Å²) < 4.78 is 5.42. The summed E-state index contributed by atoms with van der Waals surface area (Å²) >= 11 is 0. The third-order valence-corrected chi connectivity index (χ3v) is 6.42. The zero-order valence-corrected chi connectivity index (χ0v) is 20.3. The molecule has 0 aliphatic carbocycles. The van der Waals surface area contributed by atoms with E-state index in [0.29, 0.717) is 26.4 Å². The molecule has 1 atom stereocenters. The van der Waals surface area contributed by atoms with Crippen LogP contribution in [0, 0.1) is 13.8 Å². The Balaban J connectivity index is 1.32. The second kappa shape index (κ2) is 10.1. The highest BCUT2D eigenvalue weighted by molar-refractivity contribution is 5.90. The number of ether oxygens (including phenoxy) is 1. The normalized spacial score (nSPS) is 19.6. The maximum atomic E-state index is 12.4. The molecule has 8 heteroatoms. The van der Waals surface area contributed by atoms with Crippen LogP contribution in [0.15, 0.2) is 42.5 Å². The van der Waals surface area contributed by atoms with Gasteiger partial charge in [0.2, 0.25) is 5.91 Å². The van der Waals surface area contributed by atoms with Crippen LogP contribution in [0.2, 0.25) is 0 Å². The van der Waals surface area contributed by atoms with Gasteiger partial charge < -0.3 is 10.1 Å². The van der Waals surface area contributed by atoms with Crippen molar-refractivity contribution in [2.24, 2.45) is 0 Å². The van der Waals surface area contributed by atoms with Crippen molar-refractivity contribution < 1.29 is 24.1 Å². The van der Waals surface area contributed by atoms with Crippen LogP contribution < -0.4 is 10.2 Å². The van der Waals surface area contributed by atoms with Crippen LogP contribution in [0.25, 0.3) is 0 Å². The molecule has 34 heavy (non-hydrogen) atoms. The number of hydrogen-bond donors (Lipinski definition) is 1. The number of anilines is 1. The summed E-state index contributed by atoms with van der Waals surface area (Å²) in [5, 5.41) is 2.71. The summed E-state index contributed by atoms with van der Waals surface area (Å²) in [6, 6.07) is 14.0. The van der Waals surface area contributed by atoms with E-state index in [1.54, 1.807) is 4.90 Å². The fourth-order valence-electron chi connectivity index (χ4n) is 5.13. The van der Waals surface area contributed by atoms with E-state index in [2.05, 4.69) is 43.1 Å². The molecule has 0 saturated carbocycles. The van der Waals surface area contributed by atoms with Crippen molar-refractivity contribution in [2.75, 3.05) is 37.8 Å². The lowest BCUT2D eigenvalue weighted by atomic mass is 9.72. The Morgan fingerprint density at radius 3 is 2.47 bits per heavy atom. The number of hydrogen-bond acceptors (Lipinski definition) is 6. The number of carbonyl (C=O) groups is 2. The van der Waals surface area contributed by atoms with E-state index < -0.39 is 0 Å². The Kier molecular flexibility index (Phi) is 7.21. The molecule has 2 amide bonds. The van der Waals surface area contributed by atoms with Crippen molar-refractivity contribution in [1.82, 2.24) is 10.2 Å². The van der Waals surface area contributed by atoms with Gasteiger partial charge in [-0.3, -0.25) is 14.6 Å².